The number of piperidine rings is 1. The molecule has 0 radical (unpaired) electrons. The van der Waals surface area contributed by atoms with Gasteiger partial charge >= 0.3 is 0 Å². The Morgan fingerprint density at radius 1 is 1.20 bits per heavy atom. The number of nitrogens with zero attached hydrogens (tertiary/aromatic N) is 2. The molecule has 6 heteroatoms. The zero-order valence-corrected chi connectivity index (χ0v) is 15.0. The van der Waals surface area contributed by atoms with Gasteiger partial charge in [0.25, 0.3) is 5.91 Å². The number of benzene rings is 1. The fourth-order valence-electron chi connectivity index (χ4n) is 3.03. The van der Waals surface area contributed by atoms with Gasteiger partial charge in [0.1, 0.15) is 5.03 Å². The van der Waals surface area contributed by atoms with E-state index in [1.807, 2.05) is 36.6 Å². The number of carbonyl (C=O) groups excluding carboxylic acids is 2. The molecule has 2 aromatic rings. The zero-order chi connectivity index (χ0) is 17.6. The SMILES string of the molecule is CSc1ncccc1C(=O)N1CCC[C@@H](C(=O)Nc2ccccc2)C1. The smallest absolute Gasteiger partial charge is 0.256 e. The van der Waals surface area contributed by atoms with Crippen LogP contribution in [0.25, 0.3) is 0 Å². The number of anilines is 1. The second-order valence-electron chi connectivity index (χ2n) is 6.01. The number of rotatable bonds is 4. The molecule has 5 nitrogen and oxygen atoms in total. The van der Waals surface area contributed by atoms with Gasteiger partial charge in [-0.25, -0.2) is 4.98 Å². The molecule has 1 aliphatic rings. The van der Waals surface area contributed by atoms with Crippen LogP contribution in [0.3, 0.4) is 0 Å². The molecular formula is C19H21N3O2S. The first kappa shape index (κ1) is 17.5. The molecular weight excluding hydrogens is 334 g/mol. The van der Waals surface area contributed by atoms with Gasteiger partial charge in [0.15, 0.2) is 0 Å². The summed E-state index contributed by atoms with van der Waals surface area (Å²) in [6.45, 7) is 1.12. The van der Waals surface area contributed by atoms with Crippen molar-refractivity contribution in [3.05, 3.63) is 54.2 Å². The van der Waals surface area contributed by atoms with Crippen LogP contribution in [0.2, 0.25) is 0 Å². The highest BCUT2D eigenvalue weighted by molar-refractivity contribution is 7.98. The summed E-state index contributed by atoms with van der Waals surface area (Å²) in [7, 11) is 0. The largest absolute Gasteiger partial charge is 0.338 e. The predicted molar refractivity (Wildman–Crippen MR) is 99.7 cm³/mol. The third kappa shape index (κ3) is 4.20. The molecule has 0 aliphatic carbocycles. The van der Waals surface area contributed by atoms with Crippen LogP contribution < -0.4 is 5.32 Å². The fraction of sp³-hybridized carbons (Fsp3) is 0.316. The Morgan fingerprint density at radius 3 is 2.76 bits per heavy atom. The maximum Gasteiger partial charge on any atom is 0.256 e. The first-order chi connectivity index (χ1) is 12.2. The maximum atomic E-state index is 12.8. The molecule has 0 bridgehead atoms. The lowest BCUT2D eigenvalue weighted by Gasteiger charge is -2.32. The molecule has 0 saturated carbocycles. The second kappa shape index (κ2) is 8.16. The van der Waals surface area contributed by atoms with E-state index in [-0.39, 0.29) is 17.7 Å². The summed E-state index contributed by atoms with van der Waals surface area (Å²) in [6, 6.07) is 13.0. The van der Waals surface area contributed by atoms with Crippen LogP contribution >= 0.6 is 11.8 Å². The van der Waals surface area contributed by atoms with E-state index >= 15 is 0 Å². The van der Waals surface area contributed by atoms with Crippen LogP contribution in [0.5, 0.6) is 0 Å². The summed E-state index contributed by atoms with van der Waals surface area (Å²) in [5.74, 6) is -0.262. The number of pyridine rings is 1. The van der Waals surface area contributed by atoms with Gasteiger partial charge in [0, 0.05) is 25.0 Å². The minimum atomic E-state index is -0.188. The van der Waals surface area contributed by atoms with Gasteiger partial charge in [-0.3, -0.25) is 9.59 Å². The van der Waals surface area contributed by atoms with Crippen LogP contribution in [-0.4, -0.2) is 41.0 Å². The summed E-state index contributed by atoms with van der Waals surface area (Å²) in [5.41, 5.74) is 1.40. The lowest BCUT2D eigenvalue weighted by atomic mass is 9.96. The molecule has 0 spiro atoms. The Kier molecular flexibility index (Phi) is 5.71. The first-order valence-electron chi connectivity index (χ1n) is 8.33. The molecule has 1 atom stereocenters. The van der Waals surface area contributed by atoms with Crippen molar-refractivity contribution in [2.24, 2.45) is 5.92 Å². The number of aromatic nitrogens is 1. The third-order valence-corrected chi connectivity index (χ3v) is 5.03. The summed E-state index contributed by atoms with van der Waals surface area (Å²) >= 11 is 1.46. The number of hydrogen-bond donors (Lipinski definition) is 1. The molecule has 1 fully saturated rings. The fourth-order valence-corrected chi connectivity index (χ4v) is 3.57. The van der Waals surface area contributed by atoms with Crippen molar-refractivity contribution >= 4 is 29.3 Å². The van der Waals surface area contributed by atoms with E-state index < -0.39 is 0 Å². The molecule has 2 amide bonds. The molecule has 1 aromatic heterocycles. The maximum absolute atomic E-state index is 12.8. The van der Waals surface area contributed by atoms with Crippen LogP contribution in [-0.2, 0) is 4.79 Å². The van der Waals surface area contributed by atoms with E-state index in [1.54, 1.807) is 23.2 Å². The molecule has 130 valence electrons. The Balaban J connectivity index is 1.68. The van der Waals surface area contributed by atoms with Crippen molar-refractivity contribution in [2.75, 3.05) is 24.7 Å². The highest BCUT2D eigenvalue weighted by Crippen LogP contribution is 2.23. The van der Waals surface area contributed by atoms with E-state index in [4.69, 9.17) is 0 Å². The van der Waals surface area contributed by atoms with Crippen LogP contribution in [0, 0.1) is 5.92 Å². The third-order valence-electron chi connectivity index (χ3n) is 4.32. The van der Waals surface area contributed by atoms with E-state index in [2.05, 4.69) is 10.3 Å². The van der Waals surface area contributed by atoms with Crippen LogP contribution in [0.15, 0.2) is 53.7 Å². The van der Waals surface area contributed by atoms with Gasteiger partial charge in [0.05, 0.1) is 11.5 Å². The summed E-state index contributed by atoms with van der Waals surface area (Å²) < 4.78 is 0. The molecule has 1 aliphatic heterocycles. The van der Waals surface area contributed by atoms with Crippen molar-refractivity contribution in [1.29, 1.82) is 0 Å². The molecule has 2 heterocycles. The number of thioether (sulfide) groups is 1. The van der Waals surface area contributed by atoms with Crippen molar-refractivity contribution in [2.45, 2.75) is 17.9 Å². The quantitative estimate of drug-likeness (QED) is 0.855. The average Bonchev–Trinajstić information content (AvgIpc) is 2.68. The zero-order valence-electron chi connectivity index (χ0n) is 14.1. The number of amides is 2. The summed E-state index contributed by atoms with van der Waals surface area (Å²) in [5, 5.41) is 3.67. The number of carbonyl (C=O) groups is 2. The number of para-hydroxylation sites is 1. The molecule has 1 N–H and O–H groups in total. The predicted octanol–water partition coefficient (Wildman–Crippen LogP) is 3.29. The minimum Gasteiger partial charge on any atom is -0.338 e. The Bertz CT molecular complexity index is 751. The van der Waals surface area contributed by atoms with Gasteiger partial charge in [-0.1, -0.05) is 18.2 Å². The molecule has 25 heavy (non-hydrogen) atoms. The molecule has 1 aromatic carbocycles. The topological polar surface area (TPSA) is 62.3 Å². The standard InChI is InChI=1S/C19H21N3O2S/c1-25-18-16(10-5-11-20-18)19(24)22-12-6-7-14(13-22)17(23)21-15-8-3-2-4-9-15/h2-5,8-11,14H,6-7,12-13H2,1H3,(H,21,23)/t14-/m1/s1. The molecule has 1 saturated heterocycles. The van der Waals surface area contributed by atoms with Crippen molar-refractivity contribution in [1.82, 2.24) is 9.88 Å². The number of likely N-dealkylation sites (tertiary alicyclic amines) is 1. The molecule has 3 rings (SSSR count). The van der Waals surface area contributed by atoms with Crippen LogP contribution in [0.1, 0.15) is 23.2 Å². The van der Waals surface area contributed by atoms with Gasteiger partial charge < -0.3 is 10.2 Å². The van der Waals surface area contributed by atoms with Crippen LogP contribution in [0.4, 0.5) is 5.69 Å². The highest BCUT2D eigenvalue weighted by atomic mass is 32.2. The first-order valence-corrected chi connectivity index (χ1v) is 9.55. The molecule has 0 unspecified atom stereocenters. The van der Waals surface area contributed by atoms with Gasteiger partial charge in [-0.05, 0) is 43.4 Å². The van der Waals surface area contributed by atoms with E-state index in [0.717, 1.165) is 23.6 Å². The Hall–Kier alpha value is -2.34. The normalized spacial score (nSPS) is 17.2. The van der Waals surface area contributed by atoms with Crippen molar-refractivity contribution in [3.8, 4) is 0 Å². The average molecular weight is 355 g/mol. The second-order valence-corrected chi connectivity index (χ2v) is 6.80. The Labute approximate surface area is 151 Å². The van der Waals surface area contributed by atoms with E-state index in [9.17, 15) is 9.59 Å². The van der Waals surface area contributed by atoms with Gasteiger partial charge in [-0.15, -0.1) is 11.8 Å². The lowest BCUT2D eigenvalue weighted by Crippen LogP contribution is -2.44. The lowest BCUT2D eigenvalue weighted by molar-refractivity contribution is -0.121. The van der Waals surface area contributed by atoms with E-state index in [0.29, 0.717) is 18.7 Å². The highest BCUT2D eigenvalue weighted by Gasteiger charge is 2.29. The number of nitrogens with one attached hydrogen (secondary N) is 1. The van der Waals surface area contributed by atoms with Gasteiger partial charge in [0.2, 0.25) is 5.91 Å². The van der Waals surface area contributed by atoms with Gasteiger partial charge in [-0.2, -0.15) is 0 Å². The van der Waals surface area contributed by atoms with Crippen molar-refractivity contribution in [3.63, 3.8) is 0 Å². The van der Waals surface area contributed by atoms with Crippen molar-refractivity contribution < 1.29 is 9.59 Å². The Morgan fingerprint density at radius 2 is 2.00 bits per heavy atom. The van der Waals surface area contributed by atoms with E-state index in [1.165, 1.54) is 11.8 Å². The summed E-state index contributed by atoms with van der Waals surface area (Å²) in [6.07, 6.45) is 5.22. The summed E-state index contributed by atoms with van der Waals surface area (Å²) in [4.78, 5) is 31.4. The minimum absolute atomic E-state index is 0.0278. The monoisotopic (exact) mass is 355 g/mol. The number of hydrogen-bond acceptors (Lipinski definition) is 4.